The number of hydrogen-bond donors (Lipinski definition) is 2. The molecular weight excluding hydrogens is 228 g/mol. The van der Waals surface area contributed by atoms with E-state index in [1.807, 2.05) is 24.3 Å². The Bertz CT molecular complexity index is 391. The summed E-state index contributed by atoms with van der Waals surface area (Å²) in [6.45, 7) is 5.46. The van der Waals surface area contributed by atoms with Gasteiger partial charge in [-0.05, 0) is 6.07 Å². The standard InChI is InChI=1S/C14H20N2O2/c1-3-9-15-10-8-14(17)16-11-12-6-4-5-7-13(12)18-2/h3-7,15H,1,8-11H2,2H3,(H,16,17). The Hall–Kier alpha value is -1.81. The van der Waals surface area contributed by atoms with Crippen molar-refractivity contribution in [1.29, 1.82) is 0 Å². The predicted octanol–water partition coefficient (Wildman–Crippen LogP) is 1.48. The van der Waals surface area contributed by atoms with Gasteiger partial charge in [-0.2, -0.15) is 0 Å². The van der Waals surface area contributed by atoms with E-state index in [1.54, 1.807) is 13.2 Å². The Morgan fingerprint density at radius 1 is 1.44 bits per heavy atom. The van der Waals surface area contributed by atoms with Crippen LogP contribution in [0.1, 0.15) is 12.0 Å². The molecule has 1 aromatic carbocycles. The molecular formula is C14H20N2O2. The summed E-state index contributed by atoms with van der Waals surface area (Å²) in [5, 5.41) is 5.95. The summed E-state index contributed by atoms with van der Waals surface area (Å²) in [4.78, 5) is 11.6. The van der Waals surface area contributed by atoms with Gasteiger partial charge >= 0.3 is 0 Å². The number of carbonyl (C=O) groups is 1. The zero-order valence-electron chi connectivity index (χ0n) is 10.7. The van der Waals surface area contributed by atoms with E-state index in [1.165, 1.54) is 0 Å². The van der Waals surface area contributed by atoms with Gasteiger partial charge in [0.25, 0.3) is 0 Å². The second-order valence-corrected chi connectivity index (χ2v) is 3.83. The fourth-order valence-electron chi connectivity index (χ4n) is 1.54. The molecule has 18 heavy (non-hydrogen) atoms. The molecule has 2 N–H and O–H groups in total. The highest BCUT2D eigenvalue weighted by atomic mass is 16.5. The molecule has 0 atom stereocenters. The zero-order valence-corrected chi connectivity index (χ0v) is 10.7. The molecule has 4 heteroatoms. The van der Waals surface area contributed by atoms with Crippen LogP contribution < -0.4 is 15.4 Å². The normalized spacial score (nSPS) is 9.83. The van der Waals surface area contributed by atoms with Crippen LogP contribution in [0, 0.1) is 0 Å². The molecule has 0 saturated heterocycles. The fraction of sp³-hybridized carbons (Fsp3) is 0.357. The summed E-state index contributed by atoms with van der Waals surface area (Å²) in [6.07, 6.45) is 2.23. The molecule has 0 heterocycles. The second kappa shape index (κ2) is 8.31. The summed E-state index contributed by atoms with van der Waals surface area (Å²) < 4.78 is 5.22. The smallest absolute Gasteiger partial charge is 0.221 e. The highest BCUT2D eigenvalue weighted by molar-refractivity contribution is 5.76. The molecule has 0 aliphatic carbocycles. The zero-order chi connectivity index (χ0) is 13.2. The van der Waals surface area contributed by atoms with Crippen molar-refractivity contribution in [3.05, 3.63) is 42.5 Å². The molecule has 0 saturated carbocycles. The van der Waals surface area contributed by atoms with E-state index in [0.29, 0.717) is 19.5 Å². The number of carbonyl (C=O) groups excluding carboxylic acids is 1. The molecule has 1 rings (SSSR count). The molecule has 0 fully saturated rings. The van der Waals surface area contributed by atoms with E-state index >= 15 is 0 Å². The van der Waals surface area contributed by atoms with E-state index in [0.717, 1.165) is 17.9 Å². The Morgan fingerprint density at radius 3 is 2.94 bits per heavy atom. The van der Waals surface area contributed by atoms with Gasteiger partial charge in [0.1, 0.15) is 5.75 Å². The van der Waals surface area contributed by atoms with Crippen LogP contribution in [0.4, 0.5) is 0 Å². The summed E-state index contributed by atoms with van der Waals surface area (Å²) in [5.74, 6) is 0.819. The summed E-state index contributed by atoms with van der Waals surface area (Å²) in [7, 11) is 1.62. The Morgan fingerprint density at radius 2 is 2.22 bits per heavy atom. The van der Waals surface area contributed by atoms with Crippen molar-refractivity contribution in [1.82, 2.24) is 10.6 Å². The number of nitrogens with one attached hydrogen (secondary N) is 2. The van der Waals surface area contributed by atoms with E-state index in [9.17, 15) is 4.79 Å². The fourth-order valence-corrected chi connectivity index (χ4v) is 1.54. The number of methoxy groups -OCH3 is 1. The lowest BCUT2D eigenvalue weighted by molar-refractivity contribution is -0.121. The molecule has 0 unspecified atom stereocenters. The first kappa shape index (κ1) is 14.3. The van der Waals surface area contributed by atoms with Crippen molar-refractivity contribution < 1.29 is 9.53 Å². The average Bonchev–Trinajstić information content (AvgIpc) is 2.41. The van der Waals surface area contributed by atoms with Gasteiger partial charge in [-0.25, -0.2) is 0 Å². The van der Waals surface area contributed by atoms with Crippen molar-refractivity contribution in [3.8, 4) is 5.75 Å². The second-order valence-electron chi connectivity index (χ2n) is 3.83. The predicted molar refractivity (Wildman–Crippen MR) is 72.5 cm³/mol. The molecule has 0 spiro atoms. The number of ether oxygens (including phenoxy) is 1. The van der Waals surface area contributed by atoms with Gasteiger partial charge in [0.15, 0.2) is 0 Å². The average molecular weight is 248 g/mol. The molecule has 1 amide bonds. The lowest BCUT2D eigenvalue weighted by Gasteiger charge is -2.09. The maximum Gasteiger partial charge on any atom is 0.221 e. The number of para-hydroxylation sites is 1. The van der Waals surface area contributed by atoms with E-state index in [4.69, 9.17) is 4.74 Å². The van der Waals surface area contributed by atoms with Gasteiger partial charge in [0.2, 0.25) is 5.91 Å². The molecule has 98 valence electrons. The Balaban J connectivity index is 2.31. The lowest BCUT2D eigenvalue weighted by Crippen LogP contribution is -2.27. The molecule has 0 bridgehead atoms. The first-order chi connectivity index (χ1) is 8.77. The van der Waals surface area contributed by atoms with Crippen LogP contribution in [0.5, 0.6) is 5.75 Å². The SMILES string of the molecule is C=CCNCCC(=O)NCc1ccccc1OC. The van der Waals surface area contributed by atoms with Gasteiger partial charge in [-0.3, -0.25) is 4.79 Å². The first-order valence-electron chi connectivity index (χ1n) is 5.98. The maximum absolute atomic E-state index is 11.6. The third kappa shape index (κ3) is 5.01. The van der Waals surface area contributed by atoms with Gasteiger partial charge in [-0.1, -0.05) is 24.3 Å². The van der Waals surface area contributed by atoms with Crippen LogP contribution >= 0.6 is 0 Å². The molecule has 0 radical (unpaired) electrons. The van der Waals surface area contributed by atoms with Crippen LogP contribution in [-0.4, -0.2) is 26.1 Å². The minimum absolute atomic E-state index is 0.0254. The van der Waals surface area contributed by atoms with Crippen molar-refractivity contribution in [2.45, 2.75) is 13.0 Å². The molecule has 0 aromatic heterocycles. The van der Waals surface area contributed by atoms with Gasteiger partial charge in [-0.15, -0.1) is 6.58 Å². The maximum atomic E-state index is 11.6. The number of benzene rings is 1. The summed E-state index contributed by atoms with van der Waals surface area (Å²) in [6, 6.07) is 7.65. The monoisotopic (exact) mass is 248 g/mol. The molecule has 4 nitrogen and oxygen atoms in total. The molecule has 0 aliphatic heterocycles. The van der Waals surface area contributed by atoms with Gasteiger partial charge < -0.3 is 15.4 Å². The number of hydrogen-bond acceptors (Lipinski definition) is 3. The Kier molecular flexibility index (Phi) is 6.58. The van der Waals surface area contributed by atoms with Crippen LogP contribution in [0.15, 0.2) is 36.9 Å². The van der Waals surface area contributed by atoms with E-state index in [-0.39, 0.29) is 5.91 Å². The van der Waals surface area contributed by atoms with Crippen molar-refractivity contribution in [2.75, 3.05) is 20.2 Å². The lowest BCUT2D eigenvalue weighted by atomic mass is 10.2. The van der Waals surface area contributed by atoms with Crippen molar-refractivity contribution in [2.24, 2.45) is 0 Å². The van der Waals surface area contributed by atoms with Gasteiger partial charge in [0, 0.05) is 31.6 Å². The highest BCUT2D eigenvalue weighted by Crippen LogP contribution is 2.16. The number of amides is 1. The minimum Gasteiger partial charge on any atom is -0.496 e. The topological polar surface area (TPSA) is 50.4 Å². The molecule has 1 aromatic rings. The third-order valence-corrected chi connectivity index (χ3v) is 2.49. The summed E-state index contributed by atoms with van der Waals surface area (Å²) >= 11 is 0. The van der Waals surface area contributed by atoms with Crippen molar-refractivity contribution in [3.63, 3.8) is 0 Å². The third-order valence-electron chi connectivity index (χ3n) is 2.49. The summed E-state index contributed by atoms with van der Waals surface area (Å²) in [5.41, 5.74) is 0.979. The van der Waals surface area contributed by atoms with E-state index < -0.39 is 0 Å². The van der Waals surface area contributed by atoms with Crippen molar-refractivity contribution >= 4 is 5.91 Å². The van der Waals surface area contributed by atoms with Crippen LogP contribution in [0.25, 0.3) is 0 Å². The number of rotatable bonds is 8. The molecule has 0 aliphatic rings. The van der Waals surface area contributed by atoms with Crippen LogP contribution in [0.3, 0.4) is 0 Å². The highest BCUT2D eigenvalue weighted by Gasteiger charge is 2.04. The van der Waals surface area contributed by atoms with Crippen LogP contribution in [-0.2, 0) is 11.3 Å². The quantitative estimate of drug-likeness (QED) is 0.541. The first-order valence-corrected chi connectivity index (χ1v) is 5.98. The largest absolute Gasteiger partial charge is 0.496 e. The van der Waals surface area contributed by atoms with Gasteiger partial charge in [0.05, 0.1) is 7.11 Å². The van der Waals surface area contributed by atoms with E-state index in [2.05, 4.69) is 17.2 Å². The Labute approximate surface area is 108 Å². The minimum atomic E-state index is 0.0254. The van der Waals surface area contributed by atoms with Crippen LogP contribution in [0.2, 0.25) is 0 Å².